The van der Waals surface area contributed by atoms with Crippen molar-refractivity contribution in [3.8, 4) is 0 Å². The number of nitrogens with zero attached hydrogens (tertiary/aromatic N) is 6. The third kappa shape index (κ3) is 5.71. The van der Waals surface area contributed by atoms with Crippen LogP contribution in [0, 0.1) is 0 Å². The van der Waals surface area contributed by atoms with E-state index in [-0.39, 0.29) is 18.6 Å². The summed E-state index contributed by atoms with van der Waals surface area (Å²) in [5.41, 5.74) is 4.39. The minimum atomic E-state index is -0.0320. The maximum Gasteiger partial charge on any atom is 0.263 e. The fourth-order valence-electron chi connectivity index (χ4n) is 3.97. The Hall–Kier alpha value is -3.38. The lowest BCUT2D eigenvalue weighted by molar-refractivity contribution is 0.139. The van der Waals surface area contributed by atoms with Crippen LogP contribution >= 0.6 is 12.4 Å². The molecular formula is C26H31ClN6. The Labute approximate surface area is 202 Å². The summed E-state index contributed by atoms with van der Waals surface area (Å²) in [6.07, 6.45) is -0.0320. The van der Waals surface area contributed by atoms with Crippen LogP contribution in [-0.2, 0) is 6.54 Å². The lowest BCUT2D eigenvalue weighted by Crippen LogP contribution is -2.31. The van der Waals surface area contributed by atoms with E-state index in [1.165, 1.54) is 16.8 Å². The third-order valence-corrected chi connectivity index (χ3v) is 5.70. The molecule has 3 aromatic rings. The molecule has 0 radical (unpaired) electrons. The number of benzene rings is 3. The predicted octanol–water partition coefficient (Wildman–Crippen LogP) is 6.46. The Morgan fingerprint density at radius 2 is 1.42 bits per heavy atom. The molecule has 0 fully saturated rings. The minimum Gasteiger partial charge on any atom is -0.372 e. The van der Waals surface area contributed by atoms with Gasteiger partial charge in [0.15, 0.2) is 0 Å². The highest BCUT2D eigenvalue weighted by molar-refractivity contribution is 5.85. The van der Waals surface area contributed by atoms with E-state index < -0.39 is 0 Å². The predicted molar refractivity (Wildman–Crippen MR) is 138 cm³/mol. The molecule has 1 aliphatic heterocycles. The number of halogens is 1. The van der Waals surface area contributed by atoms with Crippen LogP contribution in [0.5, 0.6) is 0 Å². The van der Waals surface area contributed by atoms with Crippen LogP contribution in [0.15, 0.2) is 100 Å². The van der Waals surface area contributed by atoms with Crippen molar-refractivity contribution in [2.45, 2.75) is 26.6 Å². The molecule has 0 bridgehead atoms. The lowest BCUT2D eigenvalue weighted by atomic mass is 10.1. The van der Waals surface area contributed by atoms with E-state index in [9.17, 15) is 0 Å². The summed E-state index contributed by atoms with van der Waals surface area (Å²) in [6, 6.07) is 29.0. The van der Waals surface area contributed by atoms with Crippen LogP contribution in [0.25, 0.3) is 0 Å². The number of hydrogen-bond acceptors (Lipinski definition) is 6. The van der Waals surface area contributed by atoms with Gasteiger partial charge in [-0.3, -0.25) is 5.01 Å². The molecule has 0 N–H and O–H groups in total. The van der Waals surface area contributed by atoms with E-state index in [1.54, 1.807) is 0 Å². The molecule has 0 aliphatic carbocycles. The summed E-state index contributed by atoms with van der Waals surface area (Å²) >= 11 is 0. The Morgan fingerprint density at radius 3 is 2.03 bits per heavy atom. The summed E-state index contributed by atoms with van der Waals surface area (Å²) in [7, 11) is 2.02. The molecule has 3 aromatic carbocycles. The maximum absolute atomic E-state index is 4.82. The Balaban J connectivity index is 0.00000306. The lowest BCUT2D eigenvalue weighted by Gasteiger charge is -2.28. The number of hydrazone groups is 1. The maximum atomic E-state index is 4.82. The van der Waals surface area contributed by atoms with Gasteiger partial charge in [-0.2, -0.15) is 0 Å². The van der Waals surface area contributed by atoms with Gasteiger partial charge in [-0.05, 0) is 49.2 Å². The van der Waals surface area contributed by atoms with E-state index in [1.807, 2.05) is 31.3 Å². The van der Waals surface area contributed by atoms with E-state index in [0.29, 0.717) is 12.5 Å². The Kier molecular flexibility index (Phi) is 8.44. The Bertz CT molecular complexity index is 1050. The first-order valence-corrected chi connectivity index (χ1v) is 11.1. The fourth-order valence-corrected chi connectivity index (χ4v) is 3.97. The first-order chi connectivity index (χ1) is 15.7. The van der Waals surface area contributed by atoms with E-state index >= 15 is 0 Å². The van der Waals surface area contributed by atoms with E-state index in [0.717, 1.165) is 18.8 Å². The minimum absolute atomic E-state index is 0. The molecular weight excluding hydrogens is 432 g/mol. The second-order valence-corrected chi connectivity index (χ2v) is 7.77. The standard InChI is InChI=1S/C26H30N6.ClH/c1-4-31(5-2)24-18-16-23(17-19-24)27-28-26-29-32(20-21-12-8-6-9-13-21)25(30(26)3)22-14-10-7-11-15-22;/h6-19,25H,4-5,20H2,1-3H3;1H. The first-order valence-electron chi connectivity index (χ1n) is 11.1. The van der Waals surface area contributed by atoms with Gasteiger partial charge in [0.2, 0.25) is 0 Å². The van der Waals surface area contributed by atoms with Crippen molar-refractivity contribution in [2.24, 2.45) is 15.3 Å². The molecule has 7 heteroatoms. The van der Waals surface area contributed by atoms with Gasteiger partial charge in [-0.15, -0.1) is 27.7 Å². The average Bonchev–Trinajstić information content (AvgIpc) is 3.15. The van der Waals surface area contributed by atoms with Crippen molar-refractivity contribution in [1.82, 2.24) is 9.91 Å². The molecule has 0 saturated heterocycles. The largest absolute Gasteiger partial charge is 0.372 e. The molecule has 0 amide bonds. The van der Waals surface area contributed by atoms with Gasteiger partial charge in [-0.1, -0.05) is 60.7 Å². The second-order valence-electron chi connectivity index (χ2n) is 7.77. The second kappa shape index (κ2) is 11.5. The molecule has 1 aliphatic rings. The fraction of sp³-hybridized carbons (Fsp3) is 0.269. The van der Waals surface area contributed by atoms with Gasteiger partial charge >= 0.3 is 0 Å². The molecule has 0 aromatic heterocycles. The normalized spacial score (nSPS) is 15.5. The van der Waals surface area contributed by atoms with Crippen LogP contribution in [0.2, 0.25) is 0 Å². The van der Waals surface area contributed by atoms with Crippen molar-refractivity contribution in [2.75, 3.05) is 25.0 Å². The van der Waals surface area contributed by atoms with Crippen LogP contribution in [0.3, 0.4) is 0 Å². The van der Waals surface area contributed by atoms with Gasteiger partial charge in [0.05, 0.1) is 12.2 Å². The third-order valence-electron chi connectivity index (χ3n) is 5.70. The van der Waals surface area contributed by atoms with Gasteiger partial charge in [0.25, 0.3) is 5.96 Å². The monoisotopic (exact) mass is 462 g/mol. The van der Waals surface area contributed by atoms with Crippen molar-refractivity contribution in [1.29, 1.82) is 0 Å². The first kappa shape index (κ1) is 24.3. The summed E-state index contributed by atoms with van der Waals surface area (Å²) in [5, 5.41) is 15.9. The van der Waals surface area contributed by atoms with Gasteiger partial charge in [0.1, 0.15) is 6.17 Å². The number of anilines is 1. The zero-order valence-corrected chi connectivity index (χ0v) is 20.2. The van der Waals surface area contributed by atoms with Crippen LogP contribution < -0.4 is 4.90 Å². The number of rotatable bonds is 7. The zero-order valence-electron chi connectivity index (χ0n) is 19.4. The SMILES string of the molecule is CCN(CC)c1ccc(N=NC2=NN(Cc3ccccc3)C(c3ccccc3)N2C)cc1.Cl. The summed E-state index contributed by atoms with van der Waals surface area (Å²) < 4.78 is 0. The number of hydrogen-bond donors (Lipinski definition) is 0. The van der Waals surface area contributed by atoms with Crippen molar-refractivity contribution >= 4 is 29.7 Å². The average molecular weight is 463 g/mol. The highest BCUT2D eigenvalue weighted by Gasteiger charge is 2.33. The van der Waals surface area contributed by atoms with Gasteiger partial charge in [-0.25, -0.2) is 0 Å². The quantitative estimate of drug-likeness (QED) is 0.379. The van der Waals surface area contributed by atoms with Crippen LogP contribution in [0.1, 0.15) is 31.1 Å². The van der Waals surface area contributed by atoms with Crippen molar-refractivity contribution in [3.63, 3.8) is 0 Å². The molecule has 1 atom stereocenters. The summed E-state index contributed by atoms with van der Waals surface area (Å²) in [4.78, 5) is 4.38. The summed E-state index contributed by atoms with van der Waals surface area (Å²) in [6.45, 7) is 6.99. The zero-order chi connectivity index (χ0) is 22.3. The van der Waals surface area contributed by atoms with Crippen LogP contribution in [0.4, 0.5) is 11.4 Å². The molecule has 0 spiro atoms. The highest BCUT2D eigenvalue weighted by atomic mass is 35.5. The molecule has 1 heterocycles. The molecule has 6 nitrogen and oxygen atoms in total. The molecule has 4 rings (SSSR count). The highest BCUT2D eigenvalue weighted by Crippen LogP contribution is 2.32. The number of azo groups is 1. The van der Waals surface area contributed by atoms with Crippen molar-refractivity contribution < 1.29 is 0 Å². The van der Waals surface area contributed by atoms with Crippen LogP contribution in [-0.4, -0.2) is 36.0 Å². The topological polar surface area (TPSA) is 46.8 Å². The molecule has 1 unspecified atom stereocenters. The number of guanidine groups is 1. The smallest absolute Gasteiger partial charge is 0.263 e. The molecule has 0 saturated carbocycles. The molecule has 172 valence electrons. The molecule has 33 heavy (non-hydrogen) atoms. The van der Waals surface area contributed by atoms with Gasteiger partial charge < -0.3 is 9.80 Å². The summed E-state index contributed by atoms with van der Waals surface area (Å²) in [5.74, 6) is 0.600. The van der Waals surface area contributed by atoms with E-state index in [2.05, 4.69) is 99.5 Å². The van der Waals surface area contributed by atoms with Gasteiger partial charge in [0, 0.05) is 25.8 Å². The van der Waals surface area contributed by atoms with Crippen molar-refractivity contribution in [3.05, 3.63) is 96.1 Å². The Morgan fingerprint density at radius 1 is 0.818 bits per heavy atom. The van der Waals surface area contributed by atoms with E-state index in [4.69, 9.17) is 5.10 Å².